The summed E-state index contributed by atoms with van der Waals surface area (Å²) >= 11 is 6.82. The number of fused-ring (bicyclic) bond motifs is 5. The van der Waals surface area contributed by atoms with E-state index in [2.05, 4.69) is 26.6 Å². The number of halogens is 1. The molecule has 0 radical (unpaired) electrons. The van der Waals surface area contributed by atoms with Crippen LogP contribution in [0.3, 0.4) is 0 Å². The average Bonchev–Trinajstić information content (AvgIpc) is 3.55. The Morgan fingerprint density at radius 3 is 2.41 bits per heavy atom. The van der Waals surface area contributed by atoms with Gasteiger partial charge < -0.3 is 62.2 Å². The largest absolute Gasteiger partial charge is 0.502 e. The van der Waals surface area contributed by atoms with Crippen molar-refractivity contribution in [3.8, 4) is 17.2 Å². The van der Waals surface area contributed by atoms with Crippen LogP contribution < -0.4 is 41.8 Å². The van der Waals surface area contributed by atoms with Crippen molar-refractivity contribution in [2.45, 2.75) is 121 Å². The first kappa shape index (κ1) is 58.4. The van der Waals surface area contributed by atoms with E-state index in [4.69, 9.17) is 26.8 Å². The van der Waals surface area contributed by atoms with E-state index in [9.17, 15) is 63.6 Å². The quantitative estimate of drug-likeness (QED) is 0.0957. The Morgan fingerprint density at radius 2 is 1.71 bits per heavy atom. The van der Waals surface area contributed by atoms with Gasteiger partial charge in [-0.25, -0.2) is 0 Å². The van der Waals surface area contributed by atoms with Crippen molar-refractivity contribution in [3.05, 3.63) is 112 Å². The van der Waals surface area contributed by atoms with Crippen LogP contribution in [0, 0.1) is 11.8 Å². The van der Waals surface area contributed by atoms with Crippen LogP contribution in [0.25, 0.3) is 0 Å². The Balaban J connectivity index is 1.68. The average molecular weight is 1060 g/mol. The predicted octanol–water partition coefficient (Wildman–Crippen LogP) is 2.12. The van der Waals surface area contributed by atoms with Gasteiger partial charge in [-0.1, -0.05) is 68.0 Å². The molecule has 6 atom stereocenters. The fourth-order valence-electron chi connectivity index (χ4n) is 8.35. The van der Waals surface area contributed by atoms with Gasteiger partial charge in [0.05, 0.1) is 23.9 Å². The van der Waals surface area contributed by atoms with E-state index < -0.39 is 115 Å². The van der Waals surface area contributed by atoms with E-state index in [1.165, 1.54) is 42.5 Å². The van der Waals surface area contributed by atoms with E-state index in [1.54, 1.807) is 24.3 Å². The molecular weight excluding hydrogens is 996 g/mol. The van der Waals surface area contributed by atoms with E-state index in [1.807, 2.05) is 13.8 Å². The number of carbonyl (C=O) groups excluding carboxylic acids is 9. The number of primary amides is 1. The Morgan fingerprint density at radius 1 is 0.947 bits per heavy atom. The van der Waals surface area contributed by atoms with Gasteiger partial charge in [0.1, 0.15) is 35.8 Å². The molecule has 0 aromatic heterocycles. The van der Waals surface area contributed by atoms with E-state index >= 15 is 0 Å². The molecule has 21 nitrogen and oxygen atoms in total. The number of aliphatic hydroxyl groups is 3. The standard InChI is InChI=1S/C53H63ClN6O15/c1-29(2)11-16-45(68)59-48-49(69)31-8-7-9-40(37(54)23-31)75-42-25-35-24-41(50(42)70)74-19-6-4-3-5-10-44(67)58-46(39(65)28-63)34(22-36(64)17-18-61)21-33-20-30(12-13-32(33)27-62)26-56-52(72)47(35)60-51(71)38(57-53(48)73)14-15-43(55)66/h3-4,6-8,12-13,19-20,23-25,28-29,34,38,46-49,61-62,69-70H,5,9-11,14-18,21-22,26-27H2,1-2H3,(H2,55,66)(H,56,72)(H,57,73)(H,58,67)(H,59,68)(H,60,71). The molecule has 402 valence electrons. The number of rotatable bonds is 14. The summed E-state index contributed by atoms with van der Waals surface area (Å²) in [5, 5.41) is 56.4. The zero-order chi connectivity index (χ0) is 54.8. The summed E-state index contributed by atoms with van der Waals surface area (Å²) in [5.74, 6) is -8.68. The number of ether oxygens (including phenoxy) is 2. The molecule has 5 rings (SSSR count). The maximum Gasteiger partial charge on any atom is 0.247 e. The number of nitrogens with one attached hydrogen (secondary N) is 5. The maximum atomic E-state index is 14.7. The van der Waals surface area contributed by atoms with Crippen molar-refractivity contribution in [1.29, 1.82) is 0 Å². The van der Waals surface area contributed by atoms with Crippen molar-refractivity contribution in [2.24, 2.45) is 17.6 Å². The number of allylic oxidation sites excluding steroid dienone is 6. The van der Waals surface area contributed by atoms with Crippen LogP contribution in [0.1, 0.15) is 99.9 Å². The molecule has 6 amide bonds. The van der Waals surface area contributed by atoms with Crippen LogP contribution in [0.15, 0.2) is 89.4 Å². The Bertz CT molecular complexity index is 2660. The highest BCUT2D eigenvalue weighted by Crippen LogP contribution is 2.42. The molecule has 11 N–H and O–H groups in total. The van der Waals surface area contributed by atoms with Gasteiger partial charge in [0.15, 0.2) is 17.8 Å². The number of aldehydes is 1. The number of amides is 6. The smallest absolute Gasteiger partial charge is 0.247 e. The molecule has 22 heteroatoms. The lowest BCUT2D eigenvalue weighted by Crippen LogP contribution is -2.58. The van der Waals surface area contributed by atoms with Crippen LogP contribution in [0.2, 0.25) is 0 Å². The first-order chi connectivity index (χ1) is 35.8. The molecule has 1 aliphatic carbocycles. The molecule has 0 saturated carbocycles. The lowest BCUT2D eigenvalue weighted by Gasteiger charge is -2.28. The summed E-state index contributed by atoms with van der Waals surface area (Å²) in [4.78, 5) is 120. The number of nitrogens with two attached hydrogens (primary N) is 1. The minimum absolute atomic E-state index is 0.0128. The number of benzene rings is 2. The number of ketones is 2. The number of aromatic hydroxyl groups is 1. The second kappa shape index (κ2) is 28.3. The third kappa shape index (κ3) is 17.0. The van der Waals surface area contributed by atoms with Gasteiger partial charge in [0.25, 0.3) is 0 Å². The normalized spacial score (nSPS) is 21.9. The van der Waals surface area contributed by atoms with Gasteiger partial charge in [-0.2, -0.15) is 0 Å². The number of phenols is 1. The number of aliphatic hydroxyl groups excluding tert-OH is 3. The lowest BCUT2D eigenvalue weighted by atomic mass is 9.83. The van der Waals surface area contributed by atoms with Gasteiger partial charge in [-0.3, -0.25) is 43.2 Å². The molecule has 2 aliphatic heterocycles. The van der Waals surface area contributed by atoms with Crippen LogP contribution in [0.4, 0.5) is 0 Å². The molecule has 0 saturated heterocycles. The number of phenolic OH excluding ortho intramolecular Hbond substituents is 1. The van der Waals surface area contributed by atoms with E-state index in [-0.39, 0.29) is 97.1 Å². The van der Waals surface area contributed by atoms with Crippen LogP contribution in [-0.4, -0.2) is 105 Å². The first-order valence-corrected chi connectivity index (χ1v) is 24.8. The number of hydrogen-bond acceptors (Lipinski definition) is 15. The molecule has 0 fully saturated rings. The van der Waals surface area contributed by atoms with Gasteiger partial charge in [0, 0.05) is 51.7 Å². The second-order valence-electron chi connectivity index (χ2n) is 18.6. The maximum absolute atomic E-state index is 14.7. The minimum Gasteiger partial charge on any atom is -0.502 e. The minimum atomic E-state index is -1.78. The van der Waals surface area contributed by atoms with Crippen molar-refractivity contribution >= 4 is 64.9 Å². The topological polar surface area (TPSA) is 339 Å². The SMILES string of the molecule is CC(C)CCC(=O)NC1C(=O)NC(CCC(N)=O)C(=O)NC2C(=O)NCc3ccc(CO)c(c3)CC(CC(=O)CCO)C(C(=O)C=O)NC(=O)CCC=CC=COc3cc2cc(c3O)OC2=C(Cl)C=C(C=CC2)C1O. The fourth-order valence-corrected chi connectivity index (χ4v) is 8.59. The summed E-state index contributed by atoms with van der Waals surface area (Å²) in [5.41, 5.74) is 6.59. The molecule has 2 aromatic rings. The van der Waals surface area contributed by atoms with Gasteiger partial charge >= 0.3 is 0 Å². The highest BCUT2D eigenvalue weighted by molar-refractivity contribution is 6.31. The van der Waals surface area contributed by atoms with Crippen LogP contribution in [-0.2, 0) is 62.7 Å². The molecular formula is C53H63ClN6O15. The van der Waals surface area contributed by atoms with Gasteiger partial charge in [0.2, 0.25) is 47.0 Å². The molecule has 6 unspecified atom stereocenters. The van der Waals surface area contributed by atoms with Crippen molar-refractivity contribution in [2.75, 3.05) is 6.61 Å². The summed E-state index contributed by atoms with van der Waals surface area (Å²) in [6.45, 7) is 2.49. The zero-order valence-electron chi connectivity index (χ0n) is 41.5. The summed E-state index contributed by atoms with van der Waals surface area (Å²) in [6.07, 6.45) is 6.83. The molecule has 3 aliphatic rings. The predicted molar refractivity (Wildman–Crippen MR) is 271 cm³/mol. The van der Waals surface area contributed by atoms with Gasteiger partial charge in [-0.05, 0) is 89.6 Å². The van der Waals surface area contributed by atoms with E-state index in [0.29, 0.717) is 23.1 Å². The highest BCUT2D eigenvalue weighted by Gasteiger charge is 2.37. The molecule has 2 aromatic carbocycles. The van der Waals surface area contributed by atoms with Crippen molar-refractivity contribution in [3.63, 3.8) is 0 Å². The Labute approximate surface area is 437 Å². The van der Waals surface area contributed by atoms with E-state index in [0.717, 1.165) is 6.26 Å². The molecule has 7 bridgehead atoms. The number of hydrogen-bond donors (Lipinski definition) is 10. The summed E-state index contributed by atoms with van der Waals surface area (Å²) in [7, 11) is 0. The fraction of sp³-hybridized carbons (Fsp3) is 0.415. The van der Waals surface area contributed by atoms with Crippen molar-refractivity contribution < 1.29 is 73.1 Å². The zero-order valence-corrected chi connectivity index (χ0v) is 42.2. The Kier molecular flexibility index (Phi) is 22.0. The molecule has 2 heterocycles. The first-order valence-electron chi connectivity index (χ1n) is 24.4. The van der Waals surface area contributed by atoms with Crippen LogP contribution >= 0.6 is 11.6 Å². The Hall–Kier alpha value is -7.46. The van der Waals surface area contributed by atoms with Gasteiger partial charge in [-0.15, -0.1) is 0 Å². The highest BCUT2D eigenvalue weighted by atomic mass is 35.5. The second-order valence-corrected chi connectivity index (χ2v) is 19.0. The van der Waals surface area contributed by atoms with Crippen LogP contribution in [0.5, 0.6) is 17.2 Å². The molecule has 0 spiro atoms. The third-order valence-corrected chi connectivity index (χ3v) is 12.7. The summed E-state index contributed by atoms with van der Waals surface area (Å²) in [6, 6.07) is 0.545. The number of Topliss-reactive ketones (excluding diaryl/α,β-unsaturated/α-hetero) is 2. The monoisotopic (exact) mass is 1060 g/mol. The third-order valence-electron chi connectivity index (χ3n) is 12.4. The van der Waals surface area contributed by atoms with Crippen molar-refractivity contribution in [1.82, 2.24) is 26.6 Å². The number of carbonyl (C=O) groups is 9. The lowest BCUT2D eigenvalue weighted by molar-refractivity contribution is -0.135. The summed E-state index contributed by atoms with van der Waals surface area (Å²) < 4.78 is 12.1. The molecule has 75 heavy (non-hydrogen) atoms.